The third-order valence-corrected chi connectivity index (χ3v) is 2.27. The summed E-state index contributed by atoms with van der Waals surface area (Å²) >= 11 is 0. The Morgan fingerprint density at radius 3 is 2.89 bits per heavy atom. The number of hydrogen-bond donors (Lipinski definition) is 1. The summed E-state index contributed by atoms with van der Waals surface area (Å²) in [6, 6.07) is 7.99. The van der Waals surface area contributed by atoms with Gasteiger partial charge in [0.05, 0.1) is 4.92 Å². The molecule has 0 unspecified atom stereocenters. The number of esters is 1. The lowest BCUT2D eigenvalue weighted by molar-refractivity contribution is -0.384. The molecule has 19 heavy (non-hydrogen) atoms. The van der Waals surface area contributed by atoms with E-state index < -0.39 is 10.9 Å². The van der Waals surface area contributed by atoms with Gasteiger partial charge in [-0.15, -0.1) is 0 Å². The molecule has 0 fully saturated rings. The first-order valence-electron chi connectivity index (χ1n) is 5.65. The van der Waals surface area contributed by atoms with E-state index in [9.17, 15) is 14.9 Å². The van der Waals surface area contributed by atoms with Gasteiger partial charge in [0.25, 0.3) is 5.69 Å². The first kappa shape index (κ1) is 14.4. The number of para-hydroxylation sites is 2. The van der Waals surface area contributed by atoms with E-state index in [4.69, 9.17) is 5.26 Å². The largest absolute Gasteiger partial charge is 0.450 e. The molecule has 0 amide bonds. The van der Waals surface area contributed by atoms with Crippen LogP contribution in [-0.4, -0.2) is 24.0 Å². The number of anilines is 1. The number of nitriles is 1. The summed E-state index contributed by atoms with van der Waals surface area (Å²) in [4.78, 5) is 21.4. The number of nitrogens with one attached hydrogen (secondary N) is 1. The highest BCUT2D eigenvalue weighted by atomic mass is 16.6. The fourth-order valence-electron chi connectivity index (χ4n) is 1.42. The minimum Gasteiger partial charge on any atom is -0.450 e. The molecule has 0 atom stereocenters. The van der Waals surface area contributed by atoms with Gasteiger partial charge in [0.2, 0.25) is 0 Å². The number of rotatable bonds is 7. The van der Waals surface area contributed by atoms with Gasteiger partial charge < -0.3 is 10.1 Å². The van der Waals surface area contributed by atoms with Crippen molar-refractivity contribution < 1.29 is 14.5 Å². The minimum absolute atomic E-state index is 0.00504. The van der Waals surface area contributed by atoms with Crippen LogP contribution >= 0.6 is 0 Å². The molecular weight excluding hydrogens is 250 g/mol. The van der Waals surface area contributed by atoms with Crippen LogP contribution in [0, 0.1) is 21.4 Å². The second-order valence-electron chi connectivity index (χ2n) is 3.62. The summed E-state index contributed by atoms with van der Waals surface area (Å²) in [7, 11) is 0. The average molecular weight is 263 g/mol. The normalized spacial score (nSPS) is 9.42. The highest BCUT2D eigenvalue weighted by Gasteiger charge is 2.11. The van der Waals surface area contributed by atoms with Crippen LogP contribution < -0.4 is 5.32 Å². The Morgan fingerprint density at radius 1 is 1.47 bits per heavy atom. The predicted molar refractivity (Wildman–Crippen MR) is 67.4 cm³/mol. The second kappa shape index (κ2) is 7.66. The van der Waals surface area contributed by atoms with Gasteiger partial charge in [-0.2, -0.15) is 5.26 Å². The van der Waals surface area contributed by atoms with Crippen LogP contribution in [0.25, 0.3) is 0 Å². The Kier molecular flexibility index (Phi) is 5.82. The van der Waals surface area contributed by atoms with Crippen molar-refractivity contribution in [1.82, 2.24) is 0 Å². The lowest BCUT2D eigenvalue weighted by Gasteiger charge is -2.06. The Bertz CT molecular complexity index is 496. The van der Waals surface area contributed by atoms with Gasteiger partial charge in [0, 0.05) is 19.0 Å². The zero-order valence-corrected chi connectivity index (χ0v) is 10.2. The third-order valence-electron chi connectivity index (χ3n) is 2.27. The van der Waals surface area contributed by atoms with E-state index in [0.29, 0.717) is 18.7 Å². The van der Waals surface area contributed by atoms with Gasteiger partial charge in [0.15, 0.2) is 6.61 Å². The van der Waals surface area contributed by atoms with E-state index in [1.165, 1.54) is 6.07 Å². The van der Waals surface area contributed by atoms with Crippen LogP contribution in [0.4, 0.5) is 11.4 Å². The Balaban J connectivity index is 2.36. The van der Waals surface area contributed by atoms with E-state index in [2.05, 4.69) is 10.1 Å². The lowest BCUT2D eigenvalue weighted by atomic mass is 10.2. The van der Waals surface area contributed by atoms with Crippen LogP contribution in [0.2, 0.25) is 0 Å². The molecule has 1 aromatic rings. The van der Waals surface area contributed by atoms with E-state index in [1.54, 1.807) is 24.3 Å². The van der Waals surface area contributed by atoms with Crippen molar-refractivity contribution in [3.8, 4) is 6.07 Å². The van der Waals surface area contributed by atoms with E-state index in [1.807, 2.05) is 0 Å². The zero-order chi connectivity index (χ0) is 14.1. The van der Waals surface area contributed by atoms with Crippen molar-refractivity contribution in [2.24, 2.45) is 0 Å². The number of benzene rings is 1. The molecule has 0 aliphatic carbocycles. The molecule has 0 spiro atoms. The number of carbonyl (C=O) groups is 1. The molecule has 0 radical (unpaired) electrons. The molecule has 100 valence electrons. The summed E-state index contributed by atoms with van der Waals surface area (Å²) in [6.45, 7) is 0.156. The third kappa shape index (κ3) is 5.04. The topological polar surface area (TPSA) is 105 Å². The van der Waals surface area contributed by atoms with Crippen molar-refractivity contribution in [3.05, 3.63) is 34.4 Å². The van der Waals surface area contributed by atoms with Crippen molar-refractivity contribution in [2.45, 2.75) is 12.8 Å². The molecule has 0 aliphatic rings. The van der Waals surface area contributed by atoms with Gasteiger partial charge in [-0.1, -0.05) is 12.1 Å². The van der Waals surface area contributed by atoms with Crippen LogP contribution in [0.1, 0.15) is 12.8 Å². The number of hydrogen-bond acceptors (Lipinski definition) is 6. The van der Waals surface area contributed by atoms with E-state index in [-0.39, 0.29) is 18.7 Å². The van der Waals surface area contributed by atoms with E-state index >= 15 is 0 Å². The van der Waals surface area contributed by atoms with E-state index in [0.717, 1.165) is 0 Å². The average Bonchev–Trinajstić information content (AvgIpc) is 2.41. The van der Waals surface area contributed by atoms with Gasteiger partial charge in [-0.05, 0) is 12.5 Å². The molecular formula is C12H13N3O4. The first-order valence-corrected chi connectivity index (χ1v) is 5.65. The van der Waals surface area contributed by atoms with Crippen LogP contribution in [0.15, 0.2) is 24.3 Å². The summed E-state index contributed by atoms with van der Waals surface area (Å²) in [6.07, 6.45) is 0.631. The molecule has 7 nitrogen and oxygen atoms in total. The maximum atomic E-state index is 11.1. The van der Waals surface area contributed by atoms with Crippen LogP contribution in [0.3, 0.4) is 0 Å². The smallest absolute Gasteiger partial charge is 0.306 e. The quantitative estimate of drug-likeness (QED) is 0.348. The standard InChI is InChI=1S/C12H13N3O4/c13-7-9-19-12(16)6-3-8-14-10-4-1-2-5-11(10)15(17)18/h1-2,4-5,14H,3,6,8-9H2. The summed E-state index contributed by atoms with van der Waals surface area (Å²) < 4.78 is 4.57. The zero-order valence-electron chi connectivity index (χ0n) is 10.2. The molecule has 1 rings (SSSR count). The molecule has 0 saturated heterocycles. The highest BCUT2D eigenvalue weighted by Crippen LogP contribution is 2.22. The van der Waals surface area contributed by atoms with Crippen molar-refractivity contribution in [3.63, 3.8) is 0 Å². The fourth-order valence-corrected chi connectivity index (χ4v) is 1.42. The van der Waals surface area contributed by atoms with Crippen LogP contribution in [0.5, 0.6) is 0 Å². The van der Waals surface area contributed by atoms with Gasteiger partial charge in [0.1, 0.15) is 11.8 Å². The Morgan fingerprint density at radius 2 is 2.21 bits per heavy atom. The SMILES string of the molecule is N#CCOC(=O)CCCNc1ccccc1[N+](=O)[O-]. The predicted octanol–water partition coefficient (Wildman–Crippen LogP) is 1.85. The Labute approximate surface area is 109 Å². The van der Waals surface area contributed by atoms with Crippen molar-refractivity contribution >= 4 is 17.3 Å². The van der Waals surface area contributed by atoms with Crippen LogP contribution in [-0.2, 0) is 9.53 Å². The monoisotopic (exact) mass is 263 g/mol. The molecule has 7 heteroatoms. The number of nitro groups is 1. The van der Waals surface area contributed by atoms with Crippen molar-refractivity contribution in [1.29, 1.82) is 5.26 Å². The Hall–Kier alpha value is -2.62. The molecule has 1 aromatic carbocycles. The maximum Gasteiger partial charge on any atom is 0.306 e. The number of nitro benzene ring substituents is 1. The molecule has 0 aromatic heterocycles. The summed E-state index contributed by atoms with van der Waals surface area (Å²) in [5.74, 6) is -0.453. The lowest BCUT2D eigenvalue weighted by Crippen LogP contribution is -2.09. The molecule has 0 aliphatic heterocycles. The molecule has 0 heterocycles. The molecule has 1 N–H and O–H groups in total. The fraction of sp³-hybridized carbons (Fsp3) is 0.333. The molecule has 0 bridgehead atoms. The maximum absolute atomic E-state index is 11.1. The molecule has 0 saturated carbocycles. The van der Waals surface area contributed by atoms with Gasteiger partial charge in [-0.3, -0.25) is 14.9 Å². The number of nitrogens with zero attached hydrogens (tertiary/aromatic N) is 2. The number of ether oxygens (including phenoxy) is 1. The highest BCUT2D eigenvalue weighted by molar-refractivity contribution is 5.69. The van der Waals surface area contributed by atoms with Gasteiger partial charge in [-0.25, -0.2) is 0 Å². The second-order valence-corrected chi connectivity index (χ2v) is 3.62. The van der Waals surface area contributed by atoms with Gasteiger partial charge >= 0.3 is 5.97 Å². The summed E-state index contributed by atoms with van der Waals surface area (Å²) in [5.41, 5.74) is 0.410. The van der Waals surface area contributed by atoms with Crippen molar-refractivity contribution in [2.75, 3.05) is 18.5 Å². The minimum atomic E-state index is -0.469. The first-order chi connectivity index (χ1) is 9.15. The summed E-state index contributed by atoms with van der Waals surface area (Å²) in [5, 5.41) is 21.8. The number of carbonyl (C=O) groups excluding carboxylic acids is 1.